The molecule has 1 aliphatic heterocycles. The highest BCUT2D eigenvalue weighted by atomic mass is 79.9. The van der Waals surface area contributed by atoms with Crippen LogP contribution in [0.15, 0.2) is 92.1 Å². The third-order valence-electron chi connectivity index (χ3n) is 4.61. The van der Waals surface area contributed by atoms with Crippen LogP contribution in [0.5, 0.6) is 5.75 Å². The van der Waals surface area contributed by atoms with Gasteiger partial charge in [-0.3, -0.25) is 0 Å². The van der Waals surface area contributed by atoms with E-state index in [0.29, 0.717) is 5.57 Å². The smallest absolute Gasteiger partial charge is 0.282 e. The van der Waals surface area contributed by atoms with Gasteiger partial charge in [-0.05, 0) is 42.8 Å². The molecule has 1 atom stereocenters. The van der Waals surface area contributed by atoms with Crippen molar-refractivity contribution in [3.63, 3.8) is 0 Å². The number of sulfonamides is 1. The molecular weight excluding hydrogens is 450 g/mol. The van der Waals surface area contributed by atoms with Crippen molar-refractivity contribution >= 4 is 38.2 Å². The van der Waals surface area contributed by atoms with Gasteiger partial charge < -0.3 is 4.74 Å². The summed E-state index contributed by atoms with van der Waals surface area (Å²) in [6.45, 7) is 1.91. The monoisotopic (exact) mass is 467 g/mol. The van der Waals surface area contributed by atoms with E-state index in [1.807, 2.05) is 61.5 Å². The summed E-state index contributed by atoms with van der Waals surface area (Å²) >= 11 is 3.46. The summed E-state index contributed by atoms with van der Waals surface area (Å²) in [5.74, 6) is 0.728. The lowest BCUT2D eigenvalue weighted by molar-refractivity contribution is 0.245. The Hall–Kier alpha value is -2.70. The lowest BCUT2D eigenvalue weighted by Crippen LogP contribution is -2.16. The number of halogens is 1. The molecular formula is C23H18BrNO3S. The van der Waals surface area contributed by atoms with Gasteiger partial charge in [0.15, 0.2) is 6.10 Å². The molecule has 0 fully saturated rings. The third kappa shape index (κ3) is 4.33. The molecule has 6 heteroatoms. The first-order valence-corrected chi connectivity index (χ1v) is 11.3. The number of rotatable bonds is 4. The molecule has 0 N–H and O–H groups in total. The predicted octanol–water partition coefficient (Wildman–Crippen LogP) is 5.73. The highest BCUT2D eigenvalue weighted by Gasteiger charge is 2.24. The lowest BCUT2D eigenvalue weighted by atomic mass is 9.97. The Kier molecular flexibility index (Phi) is 5.39. The van der Waals surface area contributed by atoms with Crippen LogP contribution in [-0.2, 0) is 10.0 Å². The minimum atomic E-state index is -3.80. The molecule has 0 unspecified atom stereocenters. The van der Waals surface area contributed by atoms with E-state index in [4.69, 9.17) is 4.74 Å². The number of fused-ring (bicyclic) bond motifs is 1. The zero-order chi connectivity index (χ0) is 20.4. The second kappa shape index (κ2) is 7.97. The maximum absolute atomic E-state index is 12.6. The molecule has 0 aliphatic carbocycles. The normalized spacial score (nSPS) is 16.2. The zero-order valence-corrected chi connectivity index (χ0v) is 18.0. The van der Waals surface area contributed by atoms with Crippen molar-refractivity contribution in [3.05, 3.63) is 99.5 Å². The fourth-order valence-electron chi connectivity index (χ4n) is 3.07. The van der Waals surface area contributed by atoms with Gasteiger partial charge in [0.1, 0.15) is 5.75 Å². The highest BCUT2D eigenvalue weighted by Crippen LogP contribution is 2.38. The van der Waals surface area contributed by atoms with Gasteiger partial charge in [-0.2, -0.15) is 12.8 Å². The molecule has 1 heterocycles. The topological polar surface area (TPSA) is 55.7 Å². The van der Waals surface area contributed by atoms with E-state index in [-0.39, 0.29) is 4.90 Å². The third-order valence-corrected chi connectivity index (χ3v) is 6.35. The second-order valence-electron chi connectivity index (χ2n) is 6.76. The van der Waals surface area contributed by atoms with Crippen LogP contribution < -0.4 is 4.74 Å². The van der Waals surface area contributed by atoms with Crippen molar-refractivity contribution in [2.24, 2.45) is 4.40 Å². The molecule has 3 aromatic carbocycles. The summed E-state index contributed by atoms with van der Waals surface area (Å²) in [6.07, 6.45) is 2.85. The molecule has 0 saturated heterocycles. The second-order valence-corrected chi connectivity index (χ2v) is 9.31. The summed E-state index contributed by atoms with van der Waals surface area (Å²) in [4.78, 5) is 0.164. The molecule has 0 aromatic heterocycles. The minimum absolute atomic E-state index is 0.164. The molecule has 4 nitrogen and oxygen atoms in total. The van der Waals surface area contributed by atoms with Crippen molar-refractivity contribution in [3.8, 4) is 5.75 Å². The Balaban J connectivity index is 1.74. The van der Waals surface area contributed by atoms with Crippen LogP contribution in [0.25, 0.3) is 6.08 Å². The van der Waals surface area contributed by atoms with E-state index in [1.165, 1.54) is 6.21 Å². The largest absolute Gasteiger partial charge is 0.480 e. The van der Waals surface area contributed by atoms with Gasteiger partial charge in [-0.25, -0.2) is 0 Å². The van der Waals surface area contributed by atoms with E-state index < -0.39 is 16.1 Å². The van der Waals surface area contributed by atoms with Gasteiger partial charge in [-0.1, -0.05) is 70.0 Å². The number of hydrogen-bond donors (Lipinski definition) is 0. The van der Waals surface area contributed by atoms with E-state index in [0.717, 1.165) is 26.9 Å². The lowest BCUT2D eigenvalue weighted by Gasteiger charge is -2.26. The molecule has 146 valence electrons. The molecule has 0 saturated carbocycles. The predicted molar refractivity (Wildman–Crippen MR) is 119 cm³/mol. The average Bonchev–Trinajstić information content (AvgIpc) is 2.72. The number of hydrogen-bond acceptors (Lipinski definition) is 3. The number of nitrogens with zero attached hydrogens (tertiary/aromatic N) is 1. The number of benzene rings is 3. The van der Waals surface area contributed by atoms with Crippen LogP contribution in [0, 0.1) is 6.92 Å². The van der Waals surface area contributed by atoms with Gasteiger partial charge >= 0.3 is 0 Å². The summed E-state index contributed by atoms with van der Waals surface area (Å²) in [6, 6.07) is 22.0. The van der Waals surface area contributed by atoms with Gasteiger partial charge in [0, 0.05) is 21.8 Å². The van der Waals surface area contributed by atoms with Crippen LogP contribution in [0.3, 0.4) is 0 Å². The van der Waals surface area contributed by atoms with Crippen LogP contribution in [-0.4, -0.2) is 14.6 Å². The van der Waals surface area contributed by atoms with E-state index in [1.54, 1.807) is 24.3 Å². The van der Waals surface area contributed by atoms with Crippen LogP contribution in [0.4, 0.5) is 0 Å². The molecule has 1 aliphatic rings. The summed E-state index contributed by atoms with van der Waals surface area (Å²) in [5.41, 5.74) is 3.45. The Morgan fingerprint density at radius 3 is 2.45 bits per heavy atom. The maximum atomic E-state index is 12.6. The Morgan fingerprint density at radius 2 is 1.72 bits per heavy atom. The molecule has 0 spiro atoms. The van der Waals surface area contributed by atoms with Gasteiger partial charge in [0.25, 0.3) is 10.0 Å². The number of ether oxygens (including phenoxy) is 1. The Labute approximate surface area is 178 Å². The van der Waals surface area contributed by atoms with Crippen molar-refractivity contribution in [2.45, 2.75) is 17.9 Å². The summed E-state index contributed by atoms with van der Waals surface area (Å²) in [7, 11) is -3.80. The van der Waals surface area contributed by atoms with Crippen molar-refractivity contribution in [1.82, 2.24) is 0 Å². The fraction of sp³-hybridized carbons (Fsp3) is 0.0870. The SMILES string of the molecule is Cc1ccc(S(=O)(=O)/N=C/C2=Cc3ccc(Br)cc3O[C@@H]2c2ccccc2)cc1. The molecule has 3 aromatic rings. The van der Waals surface area contributed by atoms with E-state index in [9.17, 15) is 8.42 Å². The first-order chi connectivity index (χ1) is 13.9. The van der Waals surface area contributed by atoms with Crippen LogP contribution in [0.1, 0.15) is 22.8 Å². The summed E-state index contributed by atoms with van der Waals surface area (Å²) in [5, 5.41) is 0. The standard InChI is InChI=1S/C23H18BrNO3S/c1-16-7-11-21(12-8-16)29(26,27)25-15-19-13-18-9-10-20(24)14-22(18)28-23(19)17-5-3-2-4-6-17/h2-15,23H,1H3/b25-15+/t23-/m1/s1. The Bertz CT molecular complexity index is 1200. The molecule has 0 radical (unpaired) electrons. The highest BCUT2D eigenvalue weighted by molar-refractivity contribution is 9.10. The minimum Gasteiger partial charge on any atom is -0.480 e. The van der Waals surface area contributed by atoms with E-state index >= 15 is 0 Å². The zero-order valence-electron chi connectivity index (χ0n) is 15.6. The molecule has 0 amide bonds. The Morgan fingerprint density at radius 1 is 1.00 bits per heavy atom. The molecule has 29 heavy (non-hydrogen) atoms. The average molecular weight is 468 g/mol. The maximum Gasteiger partial charge on any atom is 0.282 e. The fourth-order valence-corrected chi connectivity index (χ4v) is 4.28. The van der Waals surface area contributed by atoms with Crippen molar-refractivity contribution in [2.75, 3.05) is 0 Å². The van der Waals surface area contributed by atoms with Gasteiger partial charge in [-0.15, -0.1) is 0 Å². The first kappa shape index (κ1) is 19.6. The van der Waals surface area contributed by atoms with Gasteiger partial charge in [0.05, 0.1) is 4.90 Å². The van der Waals surface area contributed by atoms with E-state index in [2.05, 4.69) is 20.3 Å². The van der Waals surface area contributed by atoms with Crippen molar-refractivity contribution in [1.29, 1.82) is 0 Å². The first-order valence-electron chi connectivity index (χ1n) is 9.02. The van der Waals surface area contributed by atoms with Crippen LogP contribution in [0.2, 0.25) is 0 Å². The number of aryl methyl sites for hydroxylation is 1. The van der Waals surface area contributed by atoms with Crippen LogP contribution >= 0.6 is 15.9 Å². The quantitative estimate of drug-likeness (QED) is 0.460. The summed E-state index contributed by atoms with van der Waals surface area (Å²) < 4.78 is 36.4. The van der Waals surface area contributed by atoms with Crippen molar-refractivity contribution < 1.29 is 13.2 Å². The van der Waals surface area contributed by atoms with Gasteiger partial charge in [0.2, 0.25) is 0 Å². The molecule has 4 rings (SSSR count). The molecule has 0 bridgehead atoms.